The molecule has 0 radical (unpaired) electrons. The third-order valence-corrected chi connectivity index (χ3v) is 3.61. The van der Waals surface area contributed by atoms with Gasteiger partial charge in [-0.2, -0.15) is 13.2 Å². The van der Waals surface area contributed by atoms with Crippen molar-refractivity contribution in [1.82, 2.24) is 4.98 Å². The van der Waals surface area contributed by atoms with Crippen LogP contribution in [0.25, 0.3) is 0 Å². The molecular formula is C12H15ClF3NO. The normalized spacial score (nSPS) is 27.2. The topological polar surface area (TPSA) is 26.0 Å². The first-order valence-electron chi connectivity index (χ1n) is 6.04. The molecule has 0 aromatic carbocycles. The molecule has 0 saturated heterocycles. The van der Waals surface area contributed by atoms with Crippen LogP contribution in [0.3, 0.4) is 0 Å². The van der Waals surface area contributed by atoms with E-state index in [0.29, 0.717) is 18.1 Å². The van der Waals surface area contributed by atoms with Crippen molar-refractivity contribution in [1.29, 1.82) is 0 Å². The third-order valence-electron chi connectivity index (χ3n) is 3.42. The first kappa shape index (κ1) is 13.7. The van der Waals surface area contributed by atoms with Gasteiger partial charge in [0.2, 0.25) is 5.89 Å². The molecule has 1 aromatic heterocycles. The van der Waals surface area contributed by atoms with Crippen molar-refractivity contribution in [2.75, 3.05) is 0 Å². The molecule has 0 bridgehead atoms. The van der Waals surface area contributed by atoms with Crippen LogP contribution in [-0.4, -0.2) is 11.2 Å². The number of oxazole rings is 1. The minimum absolute atomic E-state index is 0.0921. The van der Waals surface area contributed by atoms with Gasteiger partial charge in [0.25, 0.3) is 0 Å². The quantitative estimate of drug-likeness (QED) is 0.727. The van der Waals surface area contributed by atoms with Gasteiger partial charge in [-0.05, 0) is 26.2 Å². The molecule has 1 heterocycles. The molecule has 1 saturated carbocycles. The standard InChI is InChI=1S/C12H15ClF3NO/c1-7(13)11-17-6-10(18-11)8-3-2-4-9(5-8)12(14,15)16/h6-9H,2-5H2,1H3. The summed E-state index contributed by atoms with van der Waals surface area (Å²) in [5, 5.41) is -0.360. The Hall–Kier alpha value is -0.710. The van der Waals surface area contributed by atoms with E-state index >= 15 is 0 Å². The van der Waals surface area contributed by atoms with E-state index < -0.39 is 12.1 Å². The second-order valence-corrected chi connectivity index (χ2v) is 5.47. The van der Waals surface area contributed by atoms with Gasteiger partial charge in [0.15, 0.2) is 0 Å². The van der Waals surface area contributed by atoms with Gasteiger partial charge in [-0.25, -0.2) is 4.98 Å². The maximum Gasteiger partial charge on any atom is 0.391 e. The highest BCUT2D eigenvalue weighted by molar-refractivity contribution is 6.20. The largest absolute Gasteiger partial charge is 0.444 e. The molecule has 1 fully saturated rings. The van der Waals surface area contributed by atoms with E-state index in [9.17, 15) is 13.2 Å². The molecular weight excluding hydrogens is 267 g/mol. The van der Waals surface area contributed by atoms with Gasteiger partial charge in [-0.15, -0.1) is 11.6 Å². The molecule has 2 rings (SSSR count). The van der Waals surface area contributed by atoms with Crippen molar-refractivity contribution in [3.05, 3.63) is 17.8 Å². The van der Waals surface area contributed by atoms with Gasteiger partial charge in [0.05, 0.1) is 12.1 Å². The Labute approximate surface area is 109 Å². The lowest BCUT2D eigenvalue weighted by molar-refractivity contribution is -0.183. The SMILES string of the molecule is CC(Cl)c1ncc(C2CCCC(C(F)(F)F)C2)o1. The van der Waals surface area contributed by atoms with Crippen LogP contribution < -0.4 is 0 Å². The number of halogens is 4. The van der Waals surface area contributed by atoms with Crippen molar-refractivity contribution >= 4 is 11.6 Å². The third kappa shape index (κ3) is 2.99. The Morgan fingerprint density at radius 1 is 1.44 bits per heavy atom. The number of aromatic nitrogens is 1. The van der Waals surface area contributed by atoms with E-state index in [1.165, 1.54) is 6.20 Å². The first-order chi connectivity index (χ1) is 8.38. The number of alkyl halides is 4. The molecule has 2 nitrogen and oxygen atoms in total. The molecule has 6 heteroatoms. The average Bonchev–Trinajstić information content (AvgIpc) is 2.77. The Balaban J connectivity index is 2.08. The van der Waals surface area contributed by atoms with Crippen LogP contribution in [0.5, 0.6) is 0 Å². The predicted octanol–water partition coefficient (Wildman–Crippen LogP) is 4.81. The Morgan fingerprint density at radius 2 is 2.17 bits per heavy atom. The predicted molar refractivity (Wildman–Crippen MR) is 61.5 cm³/mol. The van der Waals surface area contributed by atoms with Crippen molar-refractivity contribution in [2.45, 2.75) is 50.1 Å². The molecule has 1 aliphatic rings. The van der Waals surface area contributed by atoms with Crippen LogP contribution in [-0.2, 0) is 0 Å². The zero-order chi connectivity index (χ0) is 13.3. The molecule has 1 aliphatic carbocycles. The van der Waals surface area contributed by atoms with Crippen LogP contribution in [0.4, 0.5) is 13.2 Å². The van der Waals surface area contributed by atoms with E-state index in [4.69, 9.17) is 16.0 Å². The fourth-order valence-electron chi connectivity index (χ4n) is 2.42. The Kier molecular flexibility index (Phi) is 3.90. The Morgan fingerprint density at radius 3 is 2.72 bits per heavy atom. The summed E-state index contributed by atoms with van der Waals surface area (Å²) < 4.78 is 43.5. The minimum atomic E-state index is -4.11. The van der Waals surface area contributed by atoms with Gasteiger partial charge in [-0.1, -0.05) is 6.42 Å². The summed E-state index contributed by atoms with van der Waals surface area (Å²) >= 11 is 5.82. The fraction of sp³-hybridized carbons (Fsp3) is 0.750. The monoisotopic (exact) mass is 281 g/mol. The highest BCUT2D eigenvalue weighted by Crippen LogP contribution is 2.44. The summed E-state index contributed by atoms with van der Waals surface area (Å²) in [5.74, 6) is -0.507. The molecule has 0 N–H and O–H groups in total. The van der Waals surface area contributed by atoms with E-state index in [1.807, 2.05) is 0 Å². The lowest BCUT2D eigenvalue weighted by Gasteiger charge is -2.29. The van der Waals surface area contributed by atoms with Crippen LogP contribution >= 0.6 is 11.6 Å². The number of hydrogen-bond donors (Lipinski definition) is 0. The second-order valence-electron chi connectivity index (χ2n) is 4.82. The van der Waals surface area contributed by atoms with Gasteiger partial charge < -0.3 is 4.42 Å². The van der Waals surface area contributed by atoms with Gasteiger partial charge in [0.1, 0.15) is 11.1 Å². The summed E-state index contributed by atoms with van der Waals surface area (Å²) in [6.07, 6.45) is -1.00. The maximum atomic E-state index is 12.7. The summed E-state index contributed by atoms with van der Waals surface area (Å²) in [4.78, 5) is 4.00. The molecule has 3 atom stereocenters. The maximum absolute atomic E-state index is 12.7. The molecule has 1 aromatic rings. The lowest BCUT2D eigenvalue weighted by atomic mass is 9.80. The number of nitrogens with zero attached hydrogens (tertiary/aromatic N) is 1. The van der Waals surface area contributed by atoms with Gasteiger partial charge in [0, 0.05) is 5.92 Å². The van der Waals surface area contributed by atoms with Crippen molar-refractivity contribution in [3.8, 4) is 0 Å². The summed E-state index contributed by atoms with van der Waals surface area (Å²) in [6, 6.07) is 0. The first-order valence-corrected chi connectivity index (χ1v) is 6.48. The molecule has 3 unspecified atom stereocenters. The molecule has 18 heavy (non-hydrogen) atoms. The summed E-state index contributed by atoms with van der Waals surface area (Å²) in [6.45, 7) is 1.72. The van der Waals surface area contributed by atoms with E-state index in [0.717, 1.165) is 6.42 Å². The molecule has 0 spiro atoms. The summed E-state index contributed by atoms with van der Waals surface area (Å²) in [5.41, 5.74) is 0. The minimum Gasteiger partial charge on any atom is -0.444 e. The second kappa shape index (κ2) is 5.11. The Bertz CT molecular complexity index is 402. The van der Waals surface area contributed by atoms with E-state index in [-0.39, 0.29) is 24.1 Å². The molecule has 0 amide bonds. The lowest BCUT2D eigenvalue weighted by Crippen LogP contribution is -2.27. The van der Waals surface area contributed by atoms with Crippen molar-refractivity contribution in [2.24, 2.45) is 5.92 Å². The smallest absolute Gasteiger partial charge is 0.391 e. The van der Waals surface area contributed by atoms with Crippen LogP contribution in [0, 0.1) is 5.92 Å². The van der Waals surface area contributed by atoms with Crippen LogP contribution in [0.15, 0.2) is 10.6 Å². The summed E-state index contributed by atoms with van der Waals surface area (Å²) in [7, 11) is 0. The van der Waals surface area contributed by atoms with Gasteiger partial charge >= 0.3 is 6.18 Å². The zero-order valence-electron chi connectivity index (χ0n) is 10.0. The highest BCUT2D eigenvalue weighted by atomic mass is 35.5. The molecule has 102 valence electrons. The van der Waals surface area contributed by atoms with Crippen LogP contribution in [0.2, 0.25) is 0 Å². The zero-order valence-corrected chi connectivity index (χ0v) is 10.8. The van der Waals surface area contributed by atoms with Gasteiger partial charge in [-0.3, -0.25) is 0 Å². The average molecular weight is 282 g/mol. The van der Waals surface area contributed by atoms with E-state index in [1.54, 1.807) is 6.92 Å². The number of hydrogen-bond acceptors (Lipinski definition) is 2. The molecule has 0 aliphatic heterocycles. The fourth-order valence-corrected chi connectivity index (χ4v) is 2.52. The van der Waals surface area contributed by atoms with Crippen LogP contribution in [0.1, 0.15) is 55.6 Å². The van der Waals surface area contributed by atoms with E-state index in [2.05, 4.69) is 4.98 Å². The van der Waals surface area contributed by atoms with Crippen molar-refractivity contribution in [3.63, 3.8) is 0 Å². The van der Waals surface area contributed by atoms with Crippen molar-refractivity contribution < 1.29 is 17.6 Å². The highest BCUT2D eigenvalue weighted by Gasteiger charge is 2.43. The number of rotatable bonds is 2.